The number of esters is 1. The molecule has 0 fully saturated rings. The molecular formula is C43H84NO7P. The number of carbonyl (C=O) groups is 1. The Morgan fingerprint density at radius 1 is 0.558 bits per heavy atom. The molecule has 0 saturated carbocycles. The van der Waals surface area contributed by atoms with Crippen molar-refractivity contribution in [2.45, 2.75) is 213 Å². The van der Waals surface area contributed by atoms with E-state index in [9.17, 15) is 14.3 Å². The van der Waals surface area contributed by atoms with Crippen molar-refractivity contribution >= 4 is 13.8 Å². The predicted molar refractivity (Wildman–Crippen MR) is 220 cm³/mol. The normalized spacial score (nSPS) is 13.7. The lowest BCUT2D eigenvalue weighted by atomic mass is 10.1. The maximum Gasteiger partial charge on any atom is 0.472 e. The minimum absolute atomic E-state index is 0.0960. The highest BCUT2D eigenvalue weighted by Gasteiger charge is 2.25. The molecular weight excluding hydrogens is 673 g/mol. The number of hydrogen-bond donors (Lipinski definition) is 2. The van der Waals surface area contributed by atoms with E-state index >= 15 is 0 Å². The first kappa shape index (κ1) is 51.0. The van der Waals surface area contributed by atoms with Gasteiger partial charge in [-0.05, 0) is 57.8 Å². The smallest absolute Gasteiger partial charge is 0.457 e. The van der Waals surface area contributed by atoms with Crippen molar-refractivity contribution in [3.63, 3.8) is 0 Å². The lowest BCUT2D eigenvalue weighted by Gasteiger charge is -2.20. The first-order valence-electron chi connectivity index (χ1n) is 21.8. The van der Waals surface area contributed by atoms with Gasteiger partial charge in [-0.25, -0.2) is 4.57 Å². The van der Waals surface area contributed by atoms with E-state index in [4.69, 9.17) is 24.3 Å². The topological polar surface area (TPSA) is 117 Å². The van der Waals surface area contributed by atoms with E-state index in [2.05, 4.69) is 38.2 Å². The number of rotatable bonds is 42. The summed E-state index contributed by atoms with van der Waals surface area (Å²) in [5, 5.41) is 0. The summed E-state index contributed by atoms with van der Waals surface area (Å²) in [5.74, 6) is -0.340. The Bertz CT molecular complexity index is 853. The number of carbonyl (C=O) groups excluding carboxylic acids is 1. The Labute approximate surface area is 321 Å². The van der Waals surface area contributed by atoms with E-state index in [1.807, 2.05) is 0 Å². The van der Waals surface area contributed by atoms with Crippen molar-refractivity contribution in [3.05, 3.63) is 24.3 Å². The molecule has 2 atom stereocenters. The van der Waals surface area contributed by atoms with E-state index in [0.29, 0.717) is 13.0 Å². The summed E-state index contributed by atoms with van der Waals surface area (Å²) in [6.45, 7) is 4.89. The van der Waals surface area contributed by atoms with Crippen molar-refractivity contribution in [2.75, 3.05) is 33.0 Å². The van der Waals surface area contributed by atoms with Gasteiger partial charge in [0.15, 0.2) is 0 Å². The van der Waals surface area contributed by atoms with Gasteiger partial charge in [0, 0.05) is 19.6 Å². The molecule has 0 radical (unpaired) electrons. The van der Waals surface area contributed by atoms with Gasteiger partial charge in [-0.3, -0.25) is 13.8 Å². The molecule has 52 heavy (non-hydrogen) atoms. The Morgan fingerprint density at radius 3 is 1.46 bits per heavy atom. The zero-order chi connectivity index (χ0) is 38.1. The number of hydrogen-bond acceptors (Lipinski definition) is 7. The van der Waals surface area contributed by atoms with Crippen LogP contribution in [0.5, 0.6) is 0 Å². The monoisotopic (exact) mass is 758 g/mol. The molecule has 0 heterocycles. The van der Waals surface area contributed by atoms with Gasteiger partial charge in [-0.2, -0.15) is 0 Å². The molecule has 0 saturated heterocycles. The Hall–Kier alpha value is -1.02. The molecule has 3 N–H and O–H groups in total. The van der Waals surface area contributed by atoms with Gasteiger partial charge in [-0.1, -0.05) is 167 Å². The van der Waals surface area contributed by atoms with Gasteiger partial charge in [0.05, 0.1) is 19.8 Å². The van der Waals surface area contributed by atoms with Gasteiger partial charge in [0.25, 0.3) is 0 Å². The number of nitrogens with two attached hydrogens (primary N) is 1. The van der Waals surface area contributed by atoms with Gasteiger partial charge in [-0.15, -0.1) is 0 Å². The highest BCUT2D eigenvalue weighted by atomic mass is 31.2. The van der Waals surface area contributed by atoms with Crippen molar-refractivity contribution in [3.8, 4) is 0 Å². The average molecular weight is 758 g/mol. The number of unbranched alkanes of at least 4 members (excludes halogenated alkanes) is 25. The largest absolute Gasteiger partial charge is 0.472 e. The molecule has 0 bridgehead atoms. The van der Waals surface area contributed by atoms with Gasteiger partial charge in [0.1, 0.15) is 6.10 Å². The minimum Gasteiger partial charge on any atom is -0.457 e. The van der Waals surface area contributed by atoms with Crippen LogP contribution in [0, 0.1) is 0 Å². The first-order valence-corrected chi connectivity index (χ1v) is 23.3. The maximum absolute atomic E-state index is 12.5. The third-order valence-corrected chi connectivity index (χ3v) is 10.3. The van der Waals surface area contributed by atoms with Crippen LogP contribution in [0.2, 0.25) is 0 Å². The van der Waals surface area contributed by atoms with Crippen molar-refractivity contribution in [1.82, 2.24) is 0 Å². The third kappa shape index (κ3) is 40.2. The molecule has 0 amide bonds. The number of phosphoric acid groups is 1. The van der Waals surface area contributed by atoms with Gasteiger partial charge in [0.2, 0.25) is 0 Å². The van der Waals surface area contributed by atoms with E-state index in [-0.39, 0.29) is 32.3 Å². The van der Waals surface area contributed by atoms with Crippen LogP contribution in [0.25, 0.3) is 0 Å². The summed E-state index contributed by atoms with van der Waals surface area (Å²) in [4.78, 5) is 22.4. The summed E-state index contributed by atoms with van der Waals surface area (Å²) in [6, 6.07) is 0. The highest BCUT2D eigenvalue weighted by molar-refractivity contribution is 7.47. The van der Waals surface area contributed by atoms with Crippen LogP contribution in [0.3, 0.4) is 0 Å². The second-order valence-electron chi connectivity index (χ2n) is 14.6. The standard InChI is InChI=1S/C43H84NO7P/c1-3-5-7-9-11-13-15-16-17-18-19-20-21-22-23-24-25-27-29-31-33-35-38-48-40-42(41-50-52(46,47)49-39-37-44)51-43(45)36-34-32-30-28-26-14-12-10-8-6-4-2/h10,12,18-19,42H,3-9,11,13-17,20-41,44H2,1-2H3,(H,46,47)/b12-10-,19-18-. The van der Waals surface area contributed by atoms with Crippen LogP contribution >= 0.6 is 7.82 Å². The van der Waals surface area contributed by atoms with Crippen LogP contribution in [-0.2, 0) is 27.9 Å². The maximum atomic E-state index is 12.5. The van der Waals surface area contributed by atoms with Crippen molar-refractivity contribution in [2.24, 2.45) is 5.73 Å². The van der Waals surface area contributed by atoms with Crippen LogP contribution < -0.4 is 5.73 Å². The number of ether oxygens (including phenoxy) is 2. The first-order chi connectivity index (χ1) is 25.4. The quantitative estimate of drug-likeness (QED) is 0.0273. The summed E-state index contributed by atoms with van der Waals surface area (Å²) < 4.78 is 33.4. The molecule has 0 spiro atoms. The second kappa shape index (κ2) is 41.1. The fraction of sp³-hybridized carbons (Fsp3) is 0.884. The molecule has 8 nitrogen and oxygen atoms in total. The summed E-state index contributed by atoms with van der Waals surface area (Å²) >= 11 is 0. The molecule has 0 aliphatic carbocycles. The predicted octanol–water partition coefficient (Wildman–Crippen LogP) is 12.9. The second-order valence-corrected chi connectivity index (χ2v) is 16.0. The zero-order valence-corrected chi connectivity index (χ0v) is 35.0. The summed E-state index contributed by atoms with van der Waals surface area (Å²) in [7, 11) is -4.27. The van der Waals surface area contributed by atoms with Crippen LogP contribution in [0.1, 0.15) is 206 Å². The van der Waals surface area contributed by atoms with E-state index in [0.717, 1.165) is 44.9 Å². The fourth-order valence-corrected chi connectivity index (χ4v) is 6.86. The highest BCUT2D eigenvalue weighted by Crippen LogP contribution is 2.43. The average Bonchev–Trinajstić information content (AvgIpc) is 3.13. The van der Waals surface area contributed by atoms with Gasteiger partial charge >= 0.3 is 13.8 Å². The number of phosphoric ester groups is 1. The molecule has 0 aromatic rings. The Balaban J connectivity index is 3.93. The van der Waals surface area contributed by atoms with Crippen LogP contribution in [0.4, 0.5) is 0 Å². The number of allylic oxidation sites excluding steroid dienone is 4. The molecule has 0 aliphatic rings. The third-order valence-electron chi connectivity index (χ3n) is 9.34. The Morgan fingerprint density at radius 2 is 0.981 bits per heavy atom. The molecule has 0 aliphatic heterocycles. The summed E-state index contributed by atoms with van der Waals surface area (Å²) in [6.07, 6.45) is 44.9. The van der Waals surface area contributed by atoms with Crippen molar-refractivity contribution < 1.29 is 32.8 Å². The lowest BCUT2D eigenvalue weighted by molar-refractivity contribution is -0.154. The molecule has 0 aromatic heterocycles. The zero-order valence-electron chi connectivity index (χ0n) is 34.1. The van der Waals surface area contributed by atoms with E-state index < -0.39 is 13.9 Å². The SMILES string of the molecule is CCCC/C=C\CCCCCCCC(=O)OC(COCCCCCCCCCCCC/C=C\CCCCCCCCCC)COP(=O)(O)OCCN. The Kier molecular flexibility index (Phi) is 40.3. The molecule has 0 rings (SSSR count). The lowest BCUT2D eigenvalue weighted by Crippen LogP contribution is -2.28. The minimum atomic E-state index is -4.27. The summed E-state index contributed by atoms with van der Waals surface area (Å²) in [5.41, 5.74) is 5.36. The van der Waals surface area contributed by atoms with Gasteiger partial charge < -0.3 is 20.1 Å². The van der Waals surface area contributed by atoms with Crippen LogP contribution in [0.15, 0.2) is 24.3 Å². The van der Waals surface area contributed by atoms with E-state index in [1.54, 1.807) is 0 Å². The molecule has 0 aromatic carbocycles. The van der Waals surface area contributed by atoms with Crippen LogP contribution in [-0.4, -0.2) is 49.9 Å². The molecule has 9 heteroatoms. The molecule has 2 unspecified atom stereocenters. The van der Waals surface area contributed by atoms with E-state index in [1.165, 1.54) is 141 Å². The van der Waals surface area contributed by atoms with Crippen molar-refractivity contribution in [1.29, 1.82) is 0 Å². The fourth-order valence-electron chi connectivity index (χ4n) is 6.09. The molecule has 308 valence electrons.